The van der Waals surface area contributed by atoms with E-state index in [1.54, 1.807) is 0 Å². The summed E-state index contributed by atoms with van der Waals surface area (Å²) in [7, 11) is 0. The molecule has 8 nitrogen and oxygen atoms in total. The zero-order valence-electron chi connectivity index (χ0n) is 62.4. The van der Waals surface area contributed by atoms with Gasteiger partial charge in [-0.2, -0.15) is 0 Å². The summed E-state index contributed by atoms with van der Waals surface area (Å²) in [5.74, 6) is 0. The van der Waals surface area contributed by atoms with Crippen LogP contribution >= 0.6 is 0 Å². The number of nitrogens with zero attached hydrogens (tertiary/aromatic N) is 8. The highest BCUT2D eigenvalue weighted by Gasteiger charge is 2.31. The molecule has 534 valence electrons. The van der Waals surface area contributed by atoms with Gasteiger partial charge in [0.2, 0.25) is 0 Å². The Morgan fingerprint density at radius 2 is 0.379 bits per heavy atom. The fraction of sp³-hybridized carbons (Fsp3) is 0. The molecular formula is C108H62N8. The third-order valence-electron chi connectivity index (χ3n) is 26.2. The number of fused-ring (bicyclic) bond motifs is 32. The van der Waals surface area contributed by atoms with Crippen molar-refractivity contribution in [2.75, 3.05) is 0 Å². The Morgan fingerprint density at radius 3 is 0.802 bits per heavy atom. The lowest BCUT2D eigenvalue weighted by molar-refractivity contribution is 1.18. The summed E-state index contributed by atoms with van der Waals surface area (Å²) in [6.07, 6.45) is 0. The number of benzene rings is 18. The summed E-state index contributed by atoms with van der Waals surface area (Å²) < 4.78 is 20.3. The van der Waals surface area contributed by atoms with E-state index in [0.29, 0.717) is 0 Å². The summed E-state index contributed by atoms with van der Waals surface area (Å²) in [6, 6.07) is 141. The molecule has 0 spiro atoms. The van der Waals surface area contributed by atoms with Gasteiger partial charge in [0.25, 0.3) is 0 Å². The zero-order valence-corrected chi connectivity index (χ0v) is 62.4. The minimum atomic E-state index is 1.11. The maximum atomic E-state index is 2.62. The third kappa shape index (κ3) is 7.77. The number of para-hydroxylation sites is 10. The molecule has 0 fully saturated rings. The molecule has 0 aliphatic heterocycles. The molecule has 0 saturated carbocycles. The van der Waals surface area contributed by atoms with Crippen LogP contribution in [0.4, 0.5) is 0 Å². The summed E-state index contributed by atoms with van der Waals surface area (Å²) in [5.41, 5.74) is 30.4. The number of aromatic nitrogens is 8. The Hall–Kier alpha value is -15.6. The molecule has 0 unspecified atom stereocenters. The van der Waals surface area contributed by atoms with Crippen molar-refractivity contribution >= 4 is 207 Å². The summed E-state index contributed by atoms with van der Waals surface area (Å²) >= 11 is 0. The van der Waals surface area contributed by atoms with Crippen LogP contribution in [0.2, 0.25) is 0 Å². The lowest BCUT2D eigenvalue weighted by Crippen LogP contribution is -1.95. The third-order valence-corrected chi connectivity index (χ3v) is 26.2. The van der Waals surface area contributed by atoms with E-state index >= 15 is 0 Å². The molecule has 18 aromatic carbocycles. The predicted molar refractivity (Wildman–Crippen MR) is 487 cm³/mol. The van der Waals surface area contributed by atoms with E-state index in [4.69, 9.17) is 0 Å². The van der Waals surface area contributed by atoms with Crippen LogP contribution in [-0.4, -0.2) is 36.2 Å². The van der Waals surface area contributed by atoms with Gasteiger partial charge >= 0.3 is 0 Å². The highest BCUT2D eigenvalue weighted by atomic mass is 15.0. The topological polar surface area (TPSA) is 38.4 Å². The van der Waals surface area contributed by atoms with Gasteiger partial charge in [-0.3, -0.25) is 0 Å². The first-order chi connectivity index (χ1) is 57.6. The molecule has 10 aromatic heterocycles. The molecule has 116 heavy (non-hydrogen) atoms. The molecule has 0 aliphatic rings. The van der Waals surface area contributed by atoms with Crippen LogP contribution in [0.25, 0.3) is 252 Å². The monoisotopic (exact) mass is 1470 g/mol. The molecule has 28 rings (SSSR count). The van der Waals surface area contributed by atoms with Gasteiger partial charge in [0, 0.05) is 142 Å². The number of rotatable bonds is 7. The van der Waals surface area contributed by atoms with Crippen molar-refractivity contribution in [1.29, 1.82) is 0 Å². The van der Waals surface area contributed by atoms with Gasteiger partial charge in [0.05, 0.1) is 99.3 Å². The van der Waals surface area contributed by atoms with E-state index in [1.807, 2.05) is 0 Å². The summed E-state index contributed by atoms with van der Waals surface area (Å²) in [4.78, 5) is 0. The molecule has 8 heteroatoms. The van der Waals surface area contributed by atoms with E-state index in [9.17, 15) is 0 Å². The van der Waals surface area contributed by atoms with Crippen molar-refractivity contribution in [1.82, 2.24) is 36.2 Å². The lowest BCUT2D eigenvalue weighted by Gasteiger charge is -2.11. The van der Waals surface area contributed by atoms with Crippen LogP contribution in [0, 0.1) is 0 Å². The summed E-state index contributed by atoms with van der Waals surface area (Å²) in [5, 5.41) is 24.7. The van der Waals surface area contributed by atoms with Crippen molar-refractivity contribution < 1.29 is 0 Å². The molecule has 10 heterocycles. The Bertz CT molecular complexity index is 9160. The van der Waals surface area contributed by atoms with Gasteiger partial charge in [-0.25, -0.2) is 0 Å². The minimum absolute atomic E-state index is 1.11. The average Bonchev–Trinajstić information content (AvgIpc) is 1.51. The van der Waals surface area contributed by atoms with Crippen LogP contribution in [0.5, 0.6) is 0 Å². The lowest BCUT2D eigenvalue weighted by atomic mass is 9.99. The number of hydrogen-bond acceptors (Lipinski definition) is 0. The van der Waals surface area contributed by atoms with E-state index < -0.39 is 0 Å². The number of hydrogen-bond donors (Lipinski definition) is 0. The van der Waals surface area contributed by atoms with Crippen molar-refractivity contribution in [2.24, 2.45) is 0 Å². The first-order valence-corrected chi connectivity index (χ1v) is 40.1. The van der Waals surface area contributed by atoms with Crippen molar-refractivity contribution in [3.05, 3.63) is 376 Å². The second-order valence-corrected chi connectivity index (χ2v) is 31.9. The van der Waals surface area contributed by atoms with Gasteiger partial charge in [-0.1, -0.05) is 206 Å². The Kier molecular flexibility index (Phi) is 11.7. The first kappa shape index (κ1) is 61.1. The molecule has 0 amide bonds. The van der Waals surface area contributed by atoms with Crippen LogP contribution in [0.3, 0.4) is 0 Å². The second-order valence-electron chi connectivity index (χ2n) is 31.9. The maximum absolute atomic E-state index is 2.62. The van der Waals surface area contributed by atoms with Crippen LogP contribution in [0.15, 0.2) is 376 Å². The Balaban J connectivity index is 0.712. The van der Waals surface area contributed by atoms with Gasteiger partial charge in [-0.15, -0.1) is 0 Å². The van der Waals surface area contributed by atoms with Crippen LogP contribution < -0.4 is 0 Å². The van der Waals surface area contributed by atoms with E-state index in [0.717, 1.165) is 67.3 Å². The molecule has 0 N–H and O–H groups in total. The maximum Gasteiger partial charge on any atom is 0.0642 e. The minimum Gasteiger partial charge on any atom is -0.309 e. The fourth-order valence-corrected chi connectivity index (χ4v) is 21.5. The highest BCUT2D eigenvalue weighted by molar-refractivity contribution is 6.39. The smallest absolute Gasteiger partial charge is 0.0642 e. The van der Waals surface area contributed by atoms with E-state index in [2.05, 4.69) is 412 Å². The molecule has 0 radical (unpaired) electrons. The van der Waals surface area contributed by atoms with Gasteiger partial charge < -0.3 is 36.2 Å². The standard InChI is InChI=1S/C108H62N8/c1-7-27-65(28-8-1)109-88-43-23-19-39-71(88)77-53-81-84-57-83-73-41-21-25-45-90(73)114(70-37-17-6-18-38-70)107(83)105-87-56-80-75-50-48-64(52-93(75)113(69-35-15-5-16-36-69)97(80)62-101(87)116(108(84)105)98(81)59-94(77)109)63-47-49-74-78-54-82-85-58-102-103(76-42-22-26-46-91(76)111(102)67-31-11-3-12-32-67)104-86-55-79-72-40-20-24-44-89(72)110(66-29-9-2-10-30-66)95(79)61-100(86)115(106(85)104)99(82)60-96(78)112(92(74)51-63)68-33-13-4-14-34-68/h1-62H. The molecule has 0 atom stereocenters. The van der Waals surface area contributed by atoms with Crippen molar-refractivity contribution in [3.63, 3.8) is 0 Å². The quantitative estimate of drug-likeness (QED) is 0.153. The average molecular weight is 1470 g/mol. The zero-order chi connectivity index (χ0) is 75.0. The highest BCUT2D eigenvalue weighted by Crippen LogP contribution is 2.54. The SMILES string of the molecule is c1ccc(-n2c3cc(-c4ccc5c6cc7c8c9c(cc%10c%11cc%12c%13ccccc%13n(-c%13ccccc%13)c%12cc%11n(c7cc6n(-c6ccccc6)c5c4)c%108)c4ccccc4n9-c4ccccc4)ccc3c3cc4c5cc6c(c7ccccc7n6-c6ccccc6)c6c7cc8c9ccccc9n(-c9ccccc9)c8cc7n(c4cc32)c56)cc1. The molecule has 28 aromatic rings. The predicted octanol–water partition coefficient (Wildman–Crippen LogP) is 28.2. The fourth-order valence-electron chi connectivity index (χ4n) is 21.5. The Morgan fingerprint density at radius 1 is 0.121 bits per heavy atom. The summed E-state index contributed by atoms with van der Waals surface area (Å²) in [6.45, 7) is 0. The first-order valence-electron chi connectivity index (χ1n) is 40.1. The van der Waals surface area contributed by atoms with Gasteiger partial charge in [0.1, 0.15) is 0 Å². The van der Waals surface area contributed by atoms with Gasteiger partial charge in [0.15, 0.2) is 0 Å². The molecular weight excluding hydrogens is 1410 g/mol. The Labute approximate surface area is 660 Å². The second kappa shape index (κ2) is 22.1. The van der Waals surface area contributed by atoms with E-state index in [1.165, 1.54) is 185 Å². The van der Waals surface area contributed by atoms with E-state index in [-0.39, 0.29) is 0 Å². The van der Waals surface area contributed by atoms with Gasteiger partial charge in [-0.05, 0) is 181 Å². The van der Waals surface area contributed by atoms with Crippen LogP contribution in [-0.2, 0) is 0 Å². The van der Waals surface area contributed by atoms with Crippen molar-refractivity contribution in [2.45, 2.75) is 0 Å². The normalized spacial score (nSPS) is 12.7. The van der Waals surface area contributed by atoms with Crippen LogP contribution in [0.1, 0.15) is 0 Å². The van der Waals surface area contributed by atoms with Crippen molar-refractivity contribution in [3.8, 4) is 45.3 Å². The molecule has 0 saturated heterocycles. The largest absolute Gasteiger partial charge is 0.309 e. The molecule has 0 bridgehead atoms. The molecule has 0 aliphatic carbocycles.